The minimum absolute atomic E-state index is 0.0880. The maximum Gasteiger partial charge on any atom is 0.340 e. The molecule has 2 aromatic carbocycles. The lowest BCUT2D eigenvalue weighted by Gasteiger charge is -2.08. The highest BCUT2D eigenvalue weighted by Gasteiger charge is 2.16. The summed E-state index contributed by atoms with van der Waals surface area (Å²) in [6.07, 6.45) is 1.65. The number of fused-ring (bicyclic) bond motifs is 1. The molecule has 0 aliphatic rings. The Morgan fingerprint density at radius 3 is 2.50 bits per heavy atom. The predicted molar refractivity (Wildman–Crippen MR) is 99.5 cm³/mol. The van der Waals surface area contributed by atoms with Crippen molar-refractivity contribution in [3.63, 3.8) is 0 Å². The molecule has 26 heavy (non-hydrogen) atoms. The van der Waals surface area contributed by atoms with E-state index in [1.807, 2.05) is 31.2 Å². The van der Waals surface area contributed by atoms with Crippen LogP contribution < -0.4 is 10.1 Å². The van der Waals surface area contributed by atoms with Gasteiger partial charge in [-0.3, -0.25) is 4.79 Å². The highest BCUT2D eigenvalue weighted by molar-refractivity contribution is 6.04. The van der Waals surface area contributed by atoms with Gasteiger partial charge in [0.1, 0.15) is 12.3 Å². The SMILES string of the molecule is CCOc1ccc(NC(=O)Cn2cc(C(=O)OC)c3ccccc32)cc1. The number of aromatic nitrogens is 1. The number of ether oxygens (including phenoxy) is 2. The Morgan fingerprint density at radius 1 is 1.08 bits per heavy atom. The summed E-state index contributed by atoms with van der Waals surface area (Å²) in [5, 5.41) is 3.60. The first-order valence-electron chi connectivity index (χ1n) is 8.31. The van der Waals surface area contributed by atoms with Crippen molar-refractivity contribution in [2.45, 2.75) is 13.5 Å². The molecule has 0 spiro atoms. The van der Waals surface area contributed by atoms with Crippen molar-refractivity contribution in [2.24, 2.45) is 0 Å². The van der Waals surface area contributed by atoms with Gasteiger partial charge in [-0.1, -0.05) is 18.2 Å². The monoisotopic (exact) mass is 352 g/mol. The first-order valence-corrected chi connectivity index (χ1v) is 8.31. The molecule has 1 amide bonds. The van der Waals surface area contributed by atoms with Crippen LogP contribution in [0.4, 0.5) is 5.69 Å². The maximum atomic E-state index is 12.4. The van der Waals surface area contributed by atoms with Crippen molar-refractivity contribution in [3.05, 3.63) is 60.3 Å². The van der Waals surface area contributed by atoms with Gasteiger partial charge in [0.15, 0.2) is 0 Å². The van der Waals surface area contributed by atoms with E-state index in [-0.39, 0.29) is 12.5 Å². The van der Waals surface area contributed by atoms with Crippen LogP contribution in [0.15, 0.2) is 54.7 Å². The van der Waals surface area contributed by atoms with Crippen LogP contribution in [0.25, 0.3) is 10.9 Å². The third-order valence-electron chi connectivity index (χ3n) is 3.96. The first kappa shape index (κ1) is 17.5. The summed E-state index contributed by atoms with van der Waals surface area (Å²) in [6, 6.07) is 14.6. The van der Waals surface area contributed by atoms with Crippen LogP contribution in [0.1, 0.15) is 17.3 Å². The maximum absolute atomic E-state index is 12.4. The third kappa shape index (κ3) is 3.69. The fourth-order valence-corrected chi connectivity index (χ4v) is 2.81. The fourth-order valence-electron chi connectivity index (χ4n) is 2.81. The Bertz CT molecular complexity index is 929. The lowest BCUT2D eigenvalue weighted by Crippen LogP contribution is -2.18. The second-order valence-corrected chi connectivity index (χ2v) is 5.68. The number of amides is 1. The number of anilines is 1. The second-order valence-electron chi connectivity index (χ2n) is 5.68. The Morgan fingerprint density at radius 2 is 1.81 bits per heavy atom. The molecular formula is C20H20N2O4. The van der Waals surface area contributed by atoms with Crippen molar-refractivity contribution >= 4 is 28.5 Å². The molecule has 0 fully saturated rings. The summed E-state index contributed by atoms with van der Waals surface area (Å²) < 4.78 is 12.0. The van der Waals surface area contributed by atoms with Crippen LogP contribution in [0.5, 0.6) is 5.75 Å². The van der Waals surface area contributed by atoms with Gasteiger partial charge < -0.3 is 19.4 Å². The van der Waals surface area contributed by atoms with E-state index in [0.29, 0.717) is 17.9 Å². The minimum Gasteiger partial charge on any atom is -0.494 e. The fraction of sp³-hybridized carbons (Fsp3) is 0.200. The summed E-state index contributed by atoms with van der Waals surface area (Å²) in [7, 11) is 1.34. The Hall–Kier alpha value is -3.28. The molecule has 1 N–H and O–H groups in total. The molecule has 0 aliphatic carbocycles. The third-order valence-corrected chi connectivity index (χ3v) is 3.96. The summed E-state index contributed by atoms with van der Waals surface area (Å²) >= 11 is 0. The summed E-state index contributed by atoms with van der Waals surface area (Å²) in [6.45, 7) is 2.60. The Labute approximate surface area is 151 Å². The summed E-state index contributed by atoms with van der Waals surface area (Å²) in [4.78, 5) is 24.4. The van der Waals surface area contributed by atoms with Crippen molar-refractivity contribution in [1.82, 2.24) is 4.57 Å². The minimum atomic E-state index is -0.424. The van der Waals surface area contributed by atoms with E-state index in [1.165, 1.54) is 7.11 Å². The average molecular weight is 352 g/mol. The number of rotatable bonds is 6. The first-order chi connectivity index (χ1) is 12.6. The number of hydrogen-bond acceptors (Lipinski definition) is 4. The van der Waals surface area contributed by atoms with Crippen LogP contribution in [0, 0.1) is 0 Å². The number of para-hydroxylation sites is 1. The van der Waals surface area contributed by atoms with Gasteiger partial charge in [-0.05, 0) is 37.3 Å². The molecule has 0 saturated carbocycles. The van der Waals surface area contributed by atoms with E-state index in [1.54, 1.807) is 35.0 Å². The van der Waals surface area contributed by atoms with Gasteiger partial charge in [-0.2, -0.15) is 0 Å². The molecule has 6 heteroatoms. The lowest BCUT2D eigenvalue weighted by atomic mass is 10.2. The largest absolute Gasteiger partial charge is 0.494 e. The molecule has 0 atom stereocenters. The van der Waals surface area contributed by atoms with Gasteiger partial charge in [0.05, 0.1) is 19.3 Å². The molecule has 1 aromatic heterocycles. The van der Waals surface area contributed by atoms with Crippen molar-refractivity contribution < 1.29 is 19.1 Å². The van der Waals surface area contributed by atoms with Crippen LogP contribution in [0.2, 0.25) is 0 Å². The van der Waals surface area contributed by atoms with Gasteiger partial charge in [-0.15, -0.1) is 0 Å². The molecule has 0 saturated heterocycles. The van der Waals surface area contributed by atoms with Gasteiger partial charge in [0, 0.05) is 22.8 Å². The quantitative estimate of drug-likeness (QED) is 0.690. The number of esters is 1. The molecule has 0 bridgehead atoms. The molecule has 0 aliphatic heterocycles. The van der Waals surface area contributed by atoms with E-state index >= 15 is 0 Å². The average Bonchev–Trinajstić information content (AvgIpc) is 3.01. The molecular weight excluding hydrogens is 332 g/mol. The molecule has 0 unspecified atom stereocenters. The molecule has 6 nitrogen and oxygen atoms in total. The van der Waals surface area contributed by atoms with Gasteiger partial charge >= 0.3 is 5.97 Å². The van der Waals surface area contributed by atoms with Crippen LogP contribution in [-0.4, -0.2) is 30.2 Å². The number of hydrogen-bond donors (Lipinski definition) is 1. The van der Waals surface area contributed by atoms with Crippen molar-refractivity contribution in [1.29, 1.82) is 0 Å². The van der Waals surface area contributed by atoms with Gasteiger partial charge in [0.2, 0.25) is 5.91 Å². The topological polar surface area (TPSA) is 69.6 Å². The van der Waals surface area contributed by atoms with E-state index in [9.17, 15) is 9.59 Å². The van der Waals surface area contributed by atoms with Crippen molar-refractivity contribution in [2.75, 3.05) is 19.0 Å². The number of nitrogens with zero attached hydrogens (tertiary/aromatic N) is 1. The van der Waals surface area contributed by atoms with Crippen LogP contribution in [0.3, 0.4) is 0 Å². The predicted octanol–water partition coefficient (Wildman–Crippen LogP) is 3.47. The van der Waals surface area contributed by atoms with E-state index < -0.39 is 5.97 Å². The highest BCUT2D eigenvalue weighted by atomic mass is 16.5. The number of benzene rings is 2. The standard InChI is InChI=1S/C20H20N2O4/c1-3-26-15-10-8-14(9-11-15)21-19(23)13-22-12-17(20(24)25-2)16-6-4-5-7-18(16)22/h4-12H,3,13H2,1-2H3,(H,21,23). The number of carbonyl (C=O) groups excluding carboxylic acids is 2. The molecule has 0 radical (unpaired) electrons. The summed E-state index contributed by atoms with van der Waals surface area (Å²) in [5.41, 5.74) is 1.93. The van der Waals surface area contributed by atoms with Crippen LogP contribution >= 0.6 is 0 Å². The normalized spacial score (nSPS) is 10.5. The zero-order valence-electron chi connectivity index (χ0n) is 14.7. The lowest BCUT2D eigenvalue weighted by molar-refractivity contribution is -0.116. The summed E-state index contributed by atoms with van der Waals surface area (Å²) in [5.74, 6) is 0.142. The number of carbonyl (C=O) groups is 2. The number of nitrogens with one attached hydrogen (secondary N) is 1. The van der Waals surface area contributed by atoms with Gasteiger partial charge in [-0.25, -0.2) is 4.79 Å². The zero-order chi connectivity index (χ0) is 18.5. The zero-order valence-corrected chi connectivity index (χ0v) is 14.7. The Kier molecular flexibility index (Phi) is 5.22. The van der Waals surface area contributed by atoms with Crippen LogP contribution in [-0.2, 0) is 16.1 Å². The molecule has 1 heterocycles. The number of methoxy groups -OCH3 is 1. The van der Waals surface area contributed by atoms with Gasteiger partial charge in [0.25, 0.3) is 0 Å². The molecule has 3 rings (SSSR count). The Balaban J connectivity index is 1.78. The van der Waals surface area contributed by atoms with Crippen molar-refractivity contribution in [3.8, 4) is 5.75 Å². The van der Waals surface area contributed by atoms with E-state index in [2.05, 4.69) is 5.32 Å². The van der Waals surface area contributed by atoms with E-state index in [4.69, 9.17) is 9.47 Å². The molecule has 3 aromatic rings. The second kappa shape index (κ2) is 7.74. The van der Waals surface area contributed by atoms with E-state index in [0.717, 1.165) is 16.7 Å². The highest BCUT2D eigenvalue weighted by Crippen LogP contribution is 2.22. The smallest absolute Gasteiger partial charge is 0.340 e. The molecule has 134 valence electrons.